The first-order chi connectivity index (χ1) is 9.51. The van der Waals surface area contributed by atoms with Crippen LogP contribution in [0.4, 0.5) is 17.1 Å². The van der Waals surface area contributed by atoms with Gasteiger partial charge in [-0.25, -0.2) is 4.79 Å². The SMILES string of the molecule is COc1cc(Nc2ccc(N)cc2C(=O)O)ccc1Cl. The van der Waals surface area contributed by atoms with Gasteiger partial charge in [-0.05, 0) is 30.3 Å². The zero-order chi connectivity index (χ0) is 14.7. The van der Waals surface area contributed by atoms with Crippen LogP contribution >= 0.6 is 11.6 Å². The van der Waals surface area contributed by atoms with Crippen molar-refractivity contribution in [3.05, 3.63) is 47.0 Å². The van der Waals surface area contributed by atoms with Crippen LogP contribution in [0, 0.1) is 0 Å². The van der Waals surface area contributed by atoms with Crippen LogP contribution in [-0.2, 0) is 0 Å². The van der Waals surface area contributed by atoms with Crippen molar-refractivity contribution in [3.8, 4) is 5.75 Å². The van der Waals surface area contributed by atoms with Crippen LogP contribution in [0.15, 0.2) is 36.4 Å². The second kappa shape index (κ2) is 5.71. The molecule has 2 aromatic carbocycles. The fourth-order valence-electron chi connectivity index (χ4n) is 1.74. The summed E-state index contributed by atoms with van der Waals surface area (Å²) in [5.41, 5.74) is 7.19. The minimum Gasteiger partial charge on any atom is -0.495 e. The number of carboxylic acids is 1. The van der Waals surface area contributed by atoms with Crippen LogP contribution < -0.4 is 15.8 Å². The van der Waals surface area contributed by atoms with Crippen molar-refractivity contribution < 1.29 is 14.6 Å². The van der Waals surface area contributed by atoms with E-state index in [-0.39, 0.29) is 5.56 Å². The molecular formula is C14H13ClN2O3. The molecule has 0 bridgehead atoms. The number of rotatable bonds is 4. The number of halogens is 1. The maximum Gasteiger partial charge on any atom is 0.337 e. The summed E-state index contributed by atoms with van der Waals surface area (Å²) in [5.74, 6) is -0.551. The van der Waals surface area contributed by atoms with E-state index in [0.29, 0.717) is 27.8 Å². The highest BCUT2D eigenvalue weighted by Crippen LogP contribution is 2.30. The van der Waals surface area contributed by atoms with Crippen LogP contribution in [-0.4, -0.2) is 18.2 Å². The molecule has 0 aliphatic heterocycles. The summed E-state index contributed by atoms with van der Waals surface area (Å²) < 4.78 is 5.11. The average Bonchev–Trinajstić information content (AvgIpc) is 2.42. The van der Waals surface area contributed by atoms with Gasteiger partial charge < -0.3 is 20.9 Å². The van der Waals surface area contributed by atoms with E-state index in [9.17, 15) is 9.90 Å². The third kappa shape index (κ3) is 2.95. The Balaban J connectivity index is 2.37. The molecule has 0 aliphatic carbocycles. The van der Waals surface area contributed by atoms with Crippen LogP contribution in [0.25, 0.3) is 0 Å². The summed E-state index contributed by atoms with van der Waals surface area (Å²) in [7, 11) is 1.51. The van der Waals surface area contributed by atoms with E-state index >= 15 is 0 Å². The quantitative estimate of drug-likeness (QED) is 0.752. The third-order valence-electron chi connectivity index (χ3n) is 2.70. The molecule has 0 aliphatic rings. The lowest BCUT2D eigenvalue weighted by atomic mass is 10.1. The number of benzene rings is 2. The van der Waals surface area contributed by atoms with Gasteiger partial charge >= 0.3 is 5.97 Å². The smallest absolute Gasteiger partial charge is 0.337 e. The van der Waals surface area contributed by atoms with Crippen molar-refractivity contribution in [2.45, 2.75) is 0 Å². The highest BCUT2D eigenvalue weighted by atomic mass is 35.5. The van der Waals surface area contributed by atoms with Crippen molar-refractivity contribution in [3.63, 3.8) is 0 Å². The van der Waals surface area contributed by atoms with Crippen molar-refractivity contribution >= 4 is 34.6 Å². The molecule has 0 aromatic heterocycles. The van der Waals surface area contributed by atoms with Crippen molar-refractivity contribution in [1.29, 1.82) is 0 Å². The zero-order valence-corrected chi connectivity index (χ0v) is 11.4. The predicted molar refractivity (Wildman–Crippen MR) is 79.1 cm³/mol. The van der Waals surface area contributed by atoms with Crippen LogP contribution in [0.3, 0.4) is 0 Å². The van der Waals surface area contributed by atoms with Crippen LogP contribution in [0.5, 0.6) is 5.75 Å². The van der Waals surface area contributed by atoms with Gasteiger partial charge in [-0.3, -0.25) is 0 Å². The Morgan fingerprint density at radius 2 is 2.05 bits per heavy atom. The monoisotopic (exact) mass is 292 g/mol. The predicted octanol–water partition coefficient (Wildman–Crippen LogP) is 3.37. The molecule has 0 saturated carbocycles. The number of ether oxygens (including phenoxy) is 1. The molecule has 0 heterocycles. The molecule has 0 fully saturated rings. The van der Waals surface area contributed by atoms with E-state index in [2.05, 4.69) is 5.32 Å². The van der Waals surface area contributed by atoms with Gasteiger partial charge in [0.1, 0.15) is 5.75 Å². The number of methoxy groups -OCH3 is 1. The van der Waals surface area contributed by atoms with Gasteiger partial charge in [0.25, 0.3) is 0 Å². The van der Waals surface area contributed by atoms with Crippen LogP contribution in [0.1, 0.15) is 10.4 Å². The van der Waals surface area contributed by atoms with Gasteiger partial charge in [0.05, 0.1) is 23.4 Å². The second-order valence-corrected chi connectivity index (χ2v) is 4.49. The minimum absolute atomic E-state index is 0.0962. The summed E-state index contributed by atoms with van der Waals surface area (Å²) >= 11 is 5.94. The molecule has 20 heavy (non-hydrogen) atoms. The first kappa shape index (κ1) is 14.0. The summed E-state index contributed by atoms with van der Waals surface area (Å²) in [6.07, 6.45) is 0. The number of nitrogen functional groups attached to an aromatic ring is 1. The molecule has 0 amide bonds. The van der Waals surface area contributed by atoms with Gasteiger partial charge in [0.15, 0.2) is 0 Å². The summed E-state index contributed by atoms with van der Waals surface area (Å²) in [6.45, 7) is 0. The molecular weight excluding hydrogens is 280 g/mol. The van der Waals surface area contributed by atoms with E-state index in [4.69, 9.17) is 22.1 Å². The fourth-order valence-corrected chi connectivity index (χ4v) is 1.94. The van der Waals surface area contributed by atoms with Crippen molar-refractivity contribution in [1.82, 2.24) is 0 Å². The van der Waals surface area contributed by atoms with Gasteiger partial charge in [-0.1, -0.05) is 11.6 Å². The molecule has 0 saturated heterocycles. The number of hydrogen-bond acceptors (Lipinski definition) is 4. The highest BCUT2D eigenvalue weighted by Gasteiger charge is 2.11. The molecule has 6 heteroatoms. The number of carboxylic acid groups (broad SMARTS) is 1. The fraction of sp³-hybridized carbons (Fsp3) is 0.0714. The lowest BCUT2D eigenvalue weighted by molar-refractivity contribution is 0.0698. The molecule has 0 spiro atoms. The first-order valence-electron chi connectivity index (χ1n) is 5.74. The molecule has 104 valence electrons. The number of carbonyl (C=O) groups is 1. The number of anilines is 3. The lowest BCUT2D eigenvalue weighted by Gasteiger charge is -2.12. The highest BCUT2D eigenvalue weighted by molar-refractivity contribution is 6.32. The second-order valence-electron chi connectivity index (χ2n) is 4.08. The van der Waals surface area contributed by atoms with Crippen molar-refractivity contribution in [2.24, 2.45) is 0 Å². The van der Waals surface area contributed by atoms with Gasteiger partial charge in [-0.2, -0.15) is 0 Å². The number of aromatic carboxylic acids is 1. The van der Waals surface area contributed by atoms with Gasteiger partial charge in [-0.15, -0.1) is 0 Å². The molecule has 0 radical (unpaired) electrons. The Morgan fingerprint density at radius 3 is 2.70 bits per heavy atom. The van der Waals surface area contributed by atoms with E-state index in [1.807, 2.05) is 0 Å². The number of nitrogens with one attached hydrogen (secondary N) is 1. The maximum absolute atomic E-state index is 11.2. The van der Waals surface area contributed by atoms with E-state index in [1.54, 1.807) is 30.3 Å². The third-order valence-corrected chi connectivity index (χ3v) is 3.02. The molecule has 0 unspecified atom stereocenters. The summed E-state index contributed by atoms with van der Waals surface area (Å²) in [5, 5.41) is 12.7. The number of nitrogens with two attached hydrogens (primary N) is 1. The van der Waals surface area contributed by atoms with E-state index in [1.165, 1.54) is 13.2 Å². The van der Waals surface area contributed by atoms with Gasteiger partial charge in [0.2, 0.25) is 0 Å². The Hall–Kier alpha value is -2.40. The summed E-state index contributed by atoms with van der Waals surface area (Å²) in [6, 6.07) is 9.72. The molecule has 5 nitrogen and oxygen atoms in total. The van der Waals surface area contributed by atoms with Gasteiger partial charge in [0, 0.05) is 17.4 Å². The molecule has 4 N–H and O–H groups in total. The maximum atomic E-state index is 11.2. The molecule has 0 atom stereocenters. The van der Waals surface area contributed by atoms with E-state index in [0.717, 1.165) is 0 Å². The topological polar surface area (TPSA) is 84.6 Å². The van der Waals surface area contributed by atoms with Crippen LogP contribution in [0.2, 0.25) is 5.02 Å². The summed E-state index contributed by atoms with van der Waals surface area (Å²) in [4.78, 5) is 11.2. The molecule has 2 rings (SSSR count). The Morgan fingerprint density at radius 1 is 1.30 bits per heavy atom. The Kier molecular flexibility index (Phi) is 4.00. The zero-order valence-electron chi connectivity index (χ0n) is 10.7. The van der Waals surface area contributed by atoms with E-state index < -0.39 is 5.97 Å². The minimum atomic E-state index is -1.05. The largest absolute Gasteiger partial charge is 0.495 e. The Bertz CT molecular complexity index is 659. The average molecular weight is 293 g/mol. The van der Waals surface area contributed by atoms with Crippen molar-refractivity contribution in [2.75, 3.05) is 18.2 Å². The lowest BCUT2D eigenvalue weighted by Crippen LogP contribution is -2.04. The Labute approximate surface area is 120 Å². The normalized spacial score (nSPS) is 10.1. The first-order valence-corrected chi connectivity index (χ1v) is 6.12. The standard InChI is InChI=1S/C14H13ClN2O3/c1-20-13-7-9(3-4-11(13)15)17-12-5-2-8(16)6-10(12)14(18)19/h2-7,17H,16H2,1H3,(H,18,19). The number of hydrogen-bond donors (Lipinski definition) is 3. The molecule has 2 aromatic rings.